The van der Waals surface area contributed by atoms with E-state index in [-0.39, 0.29) is 11.8 Å². The third-order valence-electron chi connectivity index (χ3n) is 6.97. The molecule has 0 radical (unpaired) electrons. The van der Waals surface area contributed by atoms with Gasteiger partial charge in [0.25, 0.3) is 0 Å². The molecular weight excluding hydrogens is 396 g/mol. The summed E-state index contributed by atoms with van der Waals surface area (Å²) < 4.78 is 5.45. The van der Waals surface area contributed by atoms with Gasteiger partial charge in [-0.15, -0.1) is 0 Å². The number of furan rings is 1. The summed E-state index contributed by atoms with van der Waals surface area (Å²) in [7, 11) is 0. The molecule has 1 saturated heterocycles. The Morgan fingerprint density at radius 2 is 1.66 bits per heavy atom. The number of primary amides is 1. The second-order valence-corrected chi connectivity index (χ2v) is 8.73. The molecule has 2 heterocycles. The number of nitrogens with two attached hydrogens (primary N) is 1. The molecule has 0 unspecified atom stereocenters. The molecule has 1 amide bonds. The van der Waals surface area contributed by atoms with Gasteiger partial charge in [-0.2, -0.15) is 0 Å². The predicted octanol–water partition coefficient (Wildman–Crippen LogP) is 4.77. The maximum absolute atomic E-state index is 13.2. The number of hydrogen-bond donors (Lipinski definition) is 1. The van der Waals surface area contributed by atoms with Gasteiger partial charge in [0.15, 0.2) is 0 Å². The highest BCUT2D eigenvalue weighted by Crippen LogP contribution is 2.43. The van der Waals surface area contributed by atoms with Crippen LogP contribution in [0.5, 0.6) is 0 Å². The summed E-state index contributed by atoms with van der Waals surface area (Å²) in [5, 5.41) is 1.14. The van der Waals surface area contributed by atoms with Crippen molar-refractivity contribution in [2.75, 3.05) is 19.6 Å². The predicted molar refractivity (Wildman–Crippen MR) is 127 cm³/mol. The summed E-state index contributed by atoms with van der Waals surface area (Å²) in [5.74, 6) is -0.145. The van der Waals surface area contributed by atoms with E-state index in [2.05, 4.69) is 17.0 Å². The van der Waals surface area contributed by atoms with E-state index in [0.717, 1.165) is 54.6 Å². The Kier molecular flexibility index (Phi) is 5.54. The molecule has 0 aliphatic carbocycles. The van der Waals surface area contributed by atoms with E-state index in [1.165, 1.54) is 5.56 Å². The van der Waals surface area contributed by atoms with Crippen LogP contribution in [0.2, 0.25) is 0 Å². The molecule has 1 aliphatic heterocycles. The number of amides is 1. The van der Waals surface area contributed by atoms with E-state index in [0.29, 0.717) is 0 Å². The first-order chi connectivity index (χ1) is 15.7. The van der Waals surface area contributed by atoms with Crippen LogP contribution in [0.1, 0.15) is 23.1 Å². The van der Waals surface area contributed by atoms with Crippen molar-refractivity contribution in [3.63, 3.8) is 0 Å². The molecule has 3 aromatic carbocycles. The molecule has 32 heavy (non-hydrogen) atoms. The lowest BCUT2D eigenvalue weighted by Crippen LogP contribution is -2.49. The highest BCUT2D eigenvalue weighted by atomic mass is 16.3. The Labute approximate surface area is 188 Å². The van der Waals surface area contributed by atoms with Crippen LogP contribution in [-0.4, -0.2) is 30.4 Å². The Bertz CT molecular complexity index is 1160. The second-order valence-electron chi connectivity index (χ2n) is 8.73. The molecule has 4 nitrogen and oxygen atoms in total. The highest BCUT2D eigenvalue weighted by molar-refractivity contribution is 5.91. The number of hydrogen-bond acceptors (Lipinski definition) is 3. The standard InChI is InChI=1S/C28H28N2O2/c29-27(31)28(23-7-3-1-4-8-23,24-9-5-2-6-10-24)25-14-17-30(20-25)16-13-21-11-12-26-22(19-21)15-18-32-26/h1-12,15,18-19,25H,13-14,16-17,20H2,(H2,29,31)/t25-/m1/s1. The summed E-state index contributed by atoms with van der Waals surface area (Å²) in [4.78, 5) is 15.7. The number of fused-ring (bicyclic) bond motifs is 1. The fraction of sp³-hybridized carbons (Fsp3) is 0.250. The summed E-state index contributed by atoms with van der Waals surface area (Å²) in [6, 6.07) is 28.5. The fourth-order valence-electron chi connectivity index (χ4n) is 5.37. The average molecular weight is 425 g/mol. The van der Waals surface area contributed by atoms with Crippen LogP contribution in [0.4, 0.5) is 0 Å². The maximum Gasteiger partial charge on any atom is 0.232 e. The molecule has 1 atom stereocenters. The van der Waals surface area contributed by atoms with Crippen molar-refractivity contribution in [2.45, 2.75) is 18.3 Å². The molecule has 0 bridgehead atoms. The van der Waals surface area contributed by atoms with Crippen molar-refractivity contribution in [1.82, 2.24) is 4.90 Å². The van der Waals surface area contributed by atoms with Gasteiger partial charge in [0.2, 0.25) is 5.91 Å². The zero-order valence-corrected chi connectivity index (χ0v) is 18.1. The molecule has 2 N–H and O–H groups in total. The highest BCUT2D eigenvalue weighted by Gasteiger charge is 2.49. The van der Waals surface area contributed by atoms with E-state index in [4.69, 9.17) is 10.2 Å². The first-order valence-electron chi connectivity index (χ1n) is 11.3. The van der Waals surface area contributed by atoms with Crippen LogP contribution in [0.15, 0.2) is 95.6 Å². The summed E-state index contributed by atoms with van der Waals surface area (Å²) in [6.45, 7) is 2.77. The Hall–Kier alpha value is -3.37. The minimum Gasteiger partial charge on any atom is -0.464 e. The molecular formula is C28H28N2O2. The van der Waals surface area contributed by atoms with Gasteiger partial charge in [0.1, 0.15) is 11.0 Å². The van der Waals surface area contributed by atoms with Gasteiger partial charge in [0, 0.05) is 18.5 Å². The summed E-state index contributed by atoms with van der Waals surface area (Å²) in [5.41, 5.74) is 9.56. The monoisotopic (exact) mass is 424 g/mol. The SMILES string of the molecule is NC(=O)C(c1ccccc1)(c1ccccc1)[C@@H]1CCN(CCc2ccc3occc3c2)C1. The van der Waals surface area contributed by atoms with Gasteiger partial charge in [-0.3, -0.25) is 4.79 Å². The number of nitrogens with zero attached hydrogens (tertiary/aromatic N) is 1. The van der Waals surface area contributed by atoms with Crippen LogP contribution in [0, 0.1) is 5.92 Å². The van der Waals surface area contributed by atoms with E-state index in [1.54, 1.807) is 6.26 Å². The Morgan fingerprint density at radius 1 is 0.969 bits per heavy atom. The van der Waals surface area contributed by atoms with Crippen LogP contribution in [0.3, 0.4) is 0 Å². The number of carbonyl (C=O) groups excluding carboxylic acids is 1. The minimum absolute atomic E-state index is 0.126. The number of rotatable bonds is 7. The van der Waals surface area contributed by atoms with Crippen molar-refractivity contribution in [1.29, 1.82) is 0 Å². The Morgan fingerprint density at radius 3 is 2.31 bits per heavy atom. The van der Waals surface area contributed by atoms with Crippen molar-refractivity contribution >= 4 is 16.9 Å². The third-order valence-corrected chi connectivity index (χ3v) is 6.97. The largest absolute Gasteiger partial charge is 0.464 e. The minimum atomic E-state index is -0.826. The Balaban J connectivity index is 1.40. The molecule has 162 valence electrons. The third kappa shape index (κ3) is 3.61. The summed E-state index contributed by atoms with van der Waals surface area (Å²) in [6.07, 6.45) is 3.64. The van der Waals surface area contributed by atoms with E-state index >= 15 is 0 Å². The van der Waals surface area contributed by atoms with E-state index < -0.39 is 5.41 Å². The van der Waals surface area contributed by atoms with E-state index in [1.807, 2.05) is 72.8 Å². The molecule has 0 spiro atoms. The van der Waals surface area contributed by atoms with Gasteiger partial charge < -0.3 is 15.1 Å². The van der Waals surface area contributed by atoms with Gasteiger partial charge >= 0.3 is 0 Å². The van der Waals surface area contributed by atoms with Crippen LogP contribution < -0.4 is 5.73 Å². The van der Waals surface area contributed by atoms with Crippen molar-refractivity contribution in [3.8, 4) is 0 Å². The lowest BCUT2D eigenvalue weighted by molar-refractivity contribution is -0.123. The van der Waals surface area contributed by atoms with Crippen LogP contribution >= 0.6 is 0 Å². The number of likely N-dealkylation sites (tertiary alicyclic amines) is 1. The normalized spacial score (nSPS) is 17.1. The zero-order valence-electron chi connectivity index (χ0n) is 18.1. The topological polar surface area (TPSA) is 59.5 Å². The van der Waals surface area contributed by atoms with Gasteiger partial charge in [0.05, 0.1) is 6.26 Å². The van der Waals surface area contributed by atoms with Crippen molar-refractivity contribution < 1.29 is 9.21 Å². The average Bonchev–Trinajstić information content (AvgIpc) is 3.49. The molecule has 1 fully saturated rings. The number of carbonyl (C=O) groups is 1. The van der Waals surface area contributed by atoms with Crippen LogP contribution in [-0.2, 0) is 16.6 Å². The molecule has 5 rings (SSSR count). The molecule has 0 saturated carbocycles. The fourth-order valence-corrected chi connectivity index (χ4v) is 5.37. The number of benzene rings is 3. The molecule has 4 aromatic rings. The second kappa shape index (κ2) is 8.64. The zero-order chi connectivity index (χ0) is 22.0. The maximum atomic E-state index is 13.2. The van der Waals surface area contributed by atoms with Crippen LogP contribution in [0.25, 0.3) is 11.0 Å². The van der Waals surface area contributed by atoms with Crippen molar-refractivity contribution in [3.05, 3.63) is 108 Å². The quantitative estimate of drug-likeness (QED) is 0.465. The molecule has 4 heteroatoms. The van der Waals surface area contributed by atoms with E-state index in [9.17, 15) is 4.79 Å². The summed E-state index contributed by atoms with van der Waals surface area (Å²) >= 11 is 0. The van der Waals surface area contributed by atoms with Gasteiger partial charge in [-0.05, 0) is 60.2 Å². The van der Waals surface area contributed by atoms with Gasteiger partial charge in [-0.25, -0.2) is 0 Å². The molecule has 1 aliphatic rings. The lowest BCUT2D eigenvalue weighted by Gasteiger charge is -2.37. The first-order valence-corrected chi connectivity index (χ1v) is 11.3. The van der Waals surface area contributed by atoms with Crippen molar-refractivity contribution in [2.24, 2.45) is 11.7 Å². The first kappa shape index (κ1) is 20.5. The molecule has 1 aromatic heterocycles. The van der Waals surface area contributed by atoms with Gasteiger partial charge in [-0.1, -0.05) is 66.7 Å². The lowest BCUT2D eigenvalue weighted by atomic mass is 9.64. The smallest absolute Gasteiger partial charge is 0.232 e.